The molecule has 0 radical (unpaired) electrons. The zero-order chi connectivity index (χ0) is 20.1. The second kappa shape index (κ2) is 9.13. The van der Waals surface area contributed by atoms with Crippen molar-refractivity contribution in [1.29, 1.82) is 0 Å². The van der Waals surface area contributed by atoms with Gasteiger partial charge in [-0.15, -0.1) is 11.3 Å². The molecule has 1 aliphatic heterocycles. The van der Waals surface area contributed by atoms with E-state index in [2.05, 4.69) is 28.9 Å². The topological polar surface area (TPSA) is 97.4 Å². The van der Waals surface area contributed by atoms with Crippen molar-refractivity contribution in [2.45, 2.75) is 50.2 Å². The Balaban J connectivity index is 1.55. The maximum Gasteiger partial charge on any atom is 0.251 e. The van der Waals surface area contributed by atoms with Crippen molar-refractivity contribution >= 4 is 27.3 Å². The molecule has 0 aliphatic carbocycles. The molecular weight excluding hydrogens is 398 g/mol. The maximum absolute atomic E-state index is 12.4. The molecule has 0 spiro atoms. The normalized spacial score (nSPS) is 17.2. The van der Waals surface area contributed by atoms with Crippen LogP contribution >= 0.6 is 11.3 Å². The molecule has 2 N–H and O–H groups in total. The Morgan fingerprint density at radius 2 is 2.07 bits per heavy atom. The molecule has 1 saturated heterocycles. The van der Waals surface area contributed by atoms with Gasteiger partial charge in [0.1, 0.15) is 0 Å². The number of benzene rings is 1. The molecule has 1 aromatic heterocycles. The summed E-state index contributed by atoms with van der Waals surface area (Å²) in [7, 11) is -3.62. The average Bonchev–Trinajstić information content (AvgIpc) is 3.36. The number of hydrogen-bond donors (Lipinski definition) is 2. The van der Waals surface area contributed by atoms with Gasteiger partial charge in [0.25, 0.3) is 5.91 Å². The molecule has 7 nitrogen and oxygen atoms in total. The van der Waals surface area contributed by atoms with Crippen LogP contribution in [0.5, 0.6) is 0 Å². The van der Waals surface area contributed by atoms with E-state index in [1.807, 2.05) is 5.38 Å². The van der Waals surface area contributed by atoms with E-state index >= 15 is 0 Å². The van der Waals surface area contributed by atoms with Crippen LogP contribution in [0.4, 0.5) is 0 Å². The van der Waals surface area contributed by atoms with Crippen molar-refractivity contribution in [3.63, 3.8) is 0 Å². The van der Waals surface area contributed by atoms with Crippen molar-refractivity contribution in [1.82, 2.24) is 15.0 Å². The maximum atomic E-state index is 12.4. The van der Waals surface area contributed by atoms with Gasteiger partial charge in [-0.3, -0.25) is 4.79 Å². The van der Waals surface area contributed by atoms with Gasteiger partial charge in [0, 0.05) is 30.0 Å². The predicted molar refractivity (Wildman–Crippen MR) is 108 cm³/mol. The van der Waals surface area contributed by atoms with E-state index in [4.69, 9.17) is 4.74 Å². The molecule has 2 heterocycles. The van der Waals surface area contributed by atoms with Crippen molar-refractivity contribution in [2.24, 2.45) is 0 Å². The number of carbonyl (C=O) groups excluding carboxylic acids is 1. The number of amides is 1. The Morgan fingerprint density at radius 1 is 1.32 bits per heavy atom. The third-order valence-corrected chi connectivity index (χ3v) is 7.08. The number of ether oxygens (including phenoxy) is 1. The SMILES string of the molecule is CC(C)c1nc(CNC(=O)c2ccc(S(=O)(=O)NCC3CCCO3)cc2)cs1. The molecule has 28 heavy (non-hydrogen) atoms. The van der Waals surface area contributed by atoms with Crippen molar-refractivity contribution in [3.8, 4) is 0 Å². The fraction of sp³-hybridized carbons (Fsp3) is 0.474. The Hall–Kier alpha value is -1.81. The first-order chi connectivity index (χ1) is 13.3. The minimum atomic E-state index is -3.62. The molecule has 9 heteroatoms. The van der Waals surface area contributed by atoms with E-state index in [9.17, 15) is 13.2 Å². The van der Waals surface area contributed by atoms with E-state index < -0.39 is 10.0 Å². The van der Waals surface area contributed by atoms with Gasteiger partial charge >= 0.3 is 0 Å². The summed E-state index contributed by atoms with van der Waals surface area (Å²) >= 11 is 1.58. The average molecular weight is 424 g/mol. The summed E-state index contributed by atoms with van der Waals surface area (Å²) in [5.41, 5.74) is 1.22. The van der Waals surface area contributed by atoms with E-state index in [0.717, 1.165) is 23.5 Å². The molecule has 3 rings (SSSR count). The van der Waals surface area contributed by atoms with E-state index in [0.29, 0.717) is 24.6 Å². The molecule has 1 unspecified atom stereocenters. The summed E-state index contributed by atoms with van der Waals surface area (Å²) in [4.78, 5) is 16.9. The highest BCUT2D eigenvalue weighted by Gasteiger charge is 2.20. The Labute approximate surface area is 169 Å². The van der Waals surface area contributed by atoms with Crippen molar-refractivity contribution in [3.05, 3.63) is 45.9 Å². The third kappa shape index (κ3) is 5.38. The van der Waals surface area contributed by atoms with Gasteiger partial charge in [0.05, 0.1) is 28.2 Å². The smallest absolute Gasteiger partial charge is 0.251 e. The third-order valence-electron chi connectivity index (χ3n) is 4.45. The first-order valence-corrected chi connectivity index (χ1v) is 11.7. The number of rotatable bonds is 8. The van der Waals surface area contributed by atoms with Crippen LogP contribution < -0.4 is 10.0 Å². The summed E-state index contributed by atoms with van der Waals surface area (Å²) in [6.45, 7) is 5.43. The molecular formula is C19H25N3O4S2. The second-order valence-corrected chi connectivity index (χ2v) is 9.68. The van der Waals surface area contributed by atoms with E-state index in [1.165, 1.54) is 24.3 Å². The van der Waals surface area contributed by atoms with Crippen LogP contribution in [0, 0.1) is 0 Å². The first kappa shape index (κ1) is 20.9. The quantitative estimate of drug-likeness (QED) is 0.680. The lowest BCUT2D eigenvalue weighted by molar-refractivity contribution is 0.0950. The van der Waals surface area contributed by atoms with Crippen LogP contribution in [0.2, 0.25) is 0 Å². The van der Waals surface area contributed by atoms with Crippen LogP contribution in [0.25, 0.3) is 0 Å². The highest BCUT2D eigenvalue weighted by Crippen LogP contribution is 2.19. The summed E-state index contributed by atoms with van der Waals surface area (Å²) < 4.78 is 32.7. The number of sulfonamides is 1. The zero-order valence-electron chi connectivity index (χ0n) is 16.0. The molecule has 1 aliphatic rings. The lowest BCUT2D eigenvalue weighted by atomic mass is 10.2. The zero-order valence-corrected chi connectivity index (χ0v) is 17.6. The Morgan fingerprint density at radius 3 is 2.68 bits per heavy atom. The number of nitrogens with zero attached hydrogens (tertiary/aromatic N) is 1. The number of carbonyl (C=O) groups is 1. The molecule has 1 fully saturated rings. The number of hydrogen-bond acceptors (Lipinski definition) is 6. The predicted octanol–water partition coefficient (Wildman–Crippen LogP) is 2.65. The van der Waals surface area contributed by atoms with Gasteiger partial charge < -0.3 is 10.1 Å². The fourth-order valence-electron chi connectivity index (χ4n) is 2.82. The molecule has 1 amide bonds. The summed E-state index contributed by atoms with van der Waals surface area (Å²) in [6, 6.07) is 5.89. The minimum Gasteiger partial charge on any atom is -0.377 e. The largest absolute Gasteiger partial charge is 0.377 e. The summed E-state index contributed by atoms with van der Waals surface area (Å²) in [5.74, 6) is 0.0909. The van der Waals surface area contributed by atoms with Crippen LogP contribution in [0.1, 0.15) is 53.7 Å². The molecule has 1 aromatic carbocycles. The van der Waals surface area contributed by atoms with Gasteiger partial charge in [-0.1, -0.05) is 13.8 Å². The standard InChI is InChI=1S/C19H25N3O4S2/c1-13(2)19-22-15(12-27-19)10-20-18(23)14-5-7-17(8-6-14)28(24,25)21-11-16-4-3-9-26-16/h5-8,12-13,16,21H,3-4,9-11H2,1-2H3,(H,20,23). The molecule has 0 bridgehead atoms. The van der Waals surface area contributed by atoms with Gasteiger partial charge in [-0.25, -0.2) is 18.1 Å². The minimum absolute atomic E-state index is 0.0678. The molecule has 0 saturated carbocycles. The molecule has 152 valence electrons. The molecule has 2 aromatic rings. The second-order valence-electron chi connectivity index (χ2n) is 7.03. The van der Waals surface area contributed by atoms with E-state index in [1.54, 1.807) is 11.3 Å². The van der Waals surface area contributed by atoms with Crippen molar-refractivity contribution < 1.29 is 17.9 Å². The first-order valence-electron chi connectivity index (χ1n) is 9.29. The van der Waals surface area contributed by atoms with Crippen LogP contribution in [-0.2, 0) is 21.3 Å². The lowest BCUT2D eigenvalue weighted by Gasteiger charge is -2.11. The van der Waals surface area contributed by atoms with Crippen LogP contribution in [0.3, 0.4) is 0 Å². The summed E-state index contributed by atoms with van der Waals surface area (Å²) in [5, 5.41) is 5.78. The molecule has 1 atom stereocenters. The van der Waals surface area contributed by atoms with Gasteiger partial charge in [0.2, 0.25) is 10.0 Å². The Bertz CT molecular complexity index is 902. The number of thiazole rings is 1. The number of aromatic nitrogens is 1. The lowest BCUT2D eigenvalue weighted by Crippen LogP contribution is -2.31. The van der Waals surface area contributed by atoms with Gasteiger partial charge in [-0.2, -0.15) is 0 Å². The van der Waals surface area contributed by atoms with Gasteiger partial charge in [-0.05, 0) is 37.1 Å². The summed E-state index contributed by atoms with van der Waals surface area (Å²) in [6.07, 6.45) is 1.75. The van der Waals surface area contributed by atoms with Crippen LogP contribution in [0.15, 0.2) is 34.5 Å². The number of nitrogens with one attached hydrogen (secondary N) is 2. The monoisotopic (exact) mass is 423 g/mol. The van der Waals surface area contributed by atoms with Gasteiger partial charge in [0.15, 0.2) is 0 Å². The Kier molecular flexibility index (Phi) is 6.82. The highest BCUT2D eigenvalue weighted by molar-refractivity contribution is 7.89. The van der Waals surface area contributed by atoms with Crippen molar-refractivity contribution in [2.75, 3.05) is 13.2 Å². The van der Waals surface area contributed by atoms with Crippen LogP contribution in [-0.4, -0.2) is 38.6 Å². The van der Waals surface area contributed by atoms with E-state index in [-0.39, 0.29) is 23.5 Å². The highest BCUT2D eigenvalue weighted by atomic mass is 32.2. The fourth-order valence-corrected chi connectivity index (χ4v) is 4.72.